The third-order valence-electron chi connectivity index (χ3n) is 2.59. The van der Waals surface area contributed by atoms with Gasteiger partial charge in [-0.15, -0.1) is 0 Å². The monoisotopic (exact) mass is 328 g/mol. The minimum Gasteiger partial charge on any atom is -0.270 e. The van der Waals surface area contributed by atoms with E-state index >= 15 is 0 Å². The summed E-state index contributed by atoms with van der Waals surface area (Å²) in [7, 11) is 0. The van der Waals surface area contributed by atoms with Crippen LogP contribution in [0.1, 0.15) is 23.0 Å². The van der Waals surface area contributed by atoms with Crippen molar-refractivity contribution < 1.29 is 8.78 Å². The summed E-state index contributed by atoms with van der Waals surface area (Å²) in [5.74, 6) is 4.14. The van der Waals surface area contributed by atoms with Crippen molar-refractivity contribution in [2.24, 2.45) is 5.84 Å². The molecule has 0 spiro atoms. The van der Waals surface area contributed by atoms with Gasteiger partial charge in [-0.25, -0.2) is 24.2 Å². The van der Waals surface area contributed by atoms with Gasteiger partial charge in [0.1, 0.15) is 17.7 Å². The third-order valence-corrected chi connectivity index (χ3v) is 3.21. The van der Waals surface area contributed by atoms with Crippen LogP contribution >= 0.6 is 15.9 Å². The lowest BCUT2D eigenvalue weighted by molar-refractivity contribution is 0.496. The predicted molar refractivity (Wildman–Crippen MR) is 70.0 cm³/mol. The number of hydrogen-bond acceptors (Lipinski definition) is 4. The summed E-state index contributed by atoms with van der Waals surface area (Å²) < 4.78 is 28.0. The molecule has 0 saturated carbocycles. The molecule has 19 heavy (non-hydrogen) atoms. The highest BCUT2D eigenvalue weighted by Gasteiger charge is 2.24. The first-order chi connectivity index (χ1) is 9.04. The number of nitrogens with one attached hydrogen (secondary N) is 1. The standard InChI is InChI=1S/C12H11BrF2N4/c1-6-4-17-12(18-5-6)11(19-16)9-8(14)3-2-7(13)10(9)15/h2-5,11,19H,16H2,1H3. The van der Waals surface area contributed by atoms with Crippen molar-refractivity contribution in [2.75, 3.05) is 0 Å². The molecule has 2 aromatic rings. The number of hydrogen-bond donors (Lipinski definition) is 2. The van der Waals surface area contributed by atoms with E-state index in [1.165, 1.54) is 6.07 Å². The zero-order chi connectivity index (χ0) is 14.0. The second-order valence-corrected chi connectivity index (χ2v) is 4.83. The van der Waals surface area contributed by atoms with Crippen LogP contribution in [0.25, 0.3) is 0 Å². The first-order valence-corrected chi connectivity index (χ1v) is 6.22. The number of hydrazine groups is 1. The number of nitrogens with two attached hydrogens (primary N) is 1. The molecule has 100 valence electrons. The summed E-state index contributed by atoms with van der Waals surface area (Å²) in [6.07, 6.45) is 3.11. The van der Waals surface area contributed by atoms with Crippen LogP contribution in [0.4, 0.5) is 8.78 Å². The number of aryl methyl sites for hydroxylation is 1. The molecule has 0 radical (unpaired) electrons. The summed E-state index contributed by atoms with van der Waals surface area (Å²) in [4.78, 5) is 8.07. The molecule has 4 nitrogen and oxygen atoms in total. The first kappa shape index (κ1) is 14.0. The van der Waals surface area contributed by atoms with E-state index in [4.69, 9.17) is 5.84 Å². The van der Waals surface area contributed by atoms with Crippen LogP contribution in [0.2, 0.25) is 0 Å². The van der Waals surface area contributed by atoms with Crippen molar-refractivity contribution in [1.82, 2.24) is 15.4 Å². The fourth-order valence-electron chi connectivity index (χ4n) is 1.65. The Labute approximate surface area is 117 Å². The molecule has 1 heterocycles. The van der Waals surface area contributed by atoms with Crippen LogP contribution in [0.5, 0.6) is 0 Å². The maximum absolute atomic E-state index is 14.0. The largest absolute Gasteiger partial charge is 0.270 e. The van der Waals surface area contributed by atoms with Crippen molar-refractivity contribution in [2.45, 2.75) is 13.0 Å². The van der Waals surface area contributed by atoms with Crippen LogP contribution in [0.15, 0.2) is 29.0 Å². The lowest BCUT2D eigenvalue weighted by Gasteiger charge is -2.17. The number of halogens is 3. The van der Waals surface area contributed by atoms with E-state index in [0.29, 0.717) is 0 Å². The Hall–Kier alpha value is -1.44. The molecular weight excluding hydrogens is 318 g/mol. The lowest BCUT2D eigenvalue weighted by Crippen LogP contribution is -2.31. The smallest absolute Gasteiger partial charge is 0.151 e. The Kier molecular flexibility index (Phi) is 4.18. The lowest BCUT2D eigenvalue weighted by atomic mass is 10.1. The third kappa shape index (κ3) is 2.78. The van der Waals surface area contributed by atoms with E-state index in [9.17, 15) is 8.78 Å². The van der Waals surface area contributed by atoms with Gasteiger partial charge in [-0.2, -0.15) is 0 Å². The highest BCUT2D eigenvalue weighted by atomic mass is 79.9. The number of nitrogens with zero attached hydrogens (tertiary/aromatic N) is 2. The molecule has 0 bridgehead atoms. The van der Waals surface area contributed by atoms with Gasteiger partial charge in [0, 0.05) is 12.4 Å². The van der Waals surface area contributed by atoms with Crippen molar-refractivity contribution in [3.05, 3.63) is 57.6 Å². The van der Waals surface area contributed by atoms with Crippen LogP contribution in [-0.2, 0) is 0 Å². The second-order valence-electron chi connectivity index (χ2n) is 3.98. The molecule has 1 atom stereocenters. The predicted octanol–water partition coefficient (Wildman–Crippen LogP) is 2.38. The summed E-state index contributed by atoms with van der Waals surface area (Å²) in [6, 6.07) is 1.48. The molecule has 7 heteroatoms. The van der Waals surface area contributed by atoms with Crippen molar-refractivity contribution in [3.8, 4) is 0 Å². The van der Waals surface area contributed by atoms with Gasteiger partial charge in [-0.3, -0.25) is 5.84 Å². The average Bonchev–Trinajstić information content (AvgIpc) is 2.40. The van der Waals surface area contributed by atoms with E-state index in [1.54, 1.807) is 12.4 Å². The quantitative estimate of drug-likeness (QED) is 0.516. The summed E-state index contributed by atoms with van der Waals surface area (Å²) in [6.45, 7) is 1.81. The zero-order valence-corrected chi connectivity index (χ0v) is 11.6. The van der Waals surface area contributed by atoms with Crippen LogP contribution in [0, 0.1) is 18.6 Å². The van der Waals surface area contributed by atoms with E-state index in [2.05, 4.69) is 31.3 Å². The summed E-state index contributed by atoms with van der Waals surface area (Å²) in [5, 5.41) is 0. The summed E-state index contributed by atoms with van der Waals surface area (Å²) >= 11 is 3.01. The highest BCUT2D eigenvalue weighted by Crippen LogP contribution is 2.28. The van der Waals surface area contributed by atoms with E-state index in [1.807, 2.05) is 6.92 Å². The van der Waals surface area contributed by atoms with Gasteiger partial charge in [0.2, 0.25) is 0 Å². The Morgan fingerprint density at radius 2 is 1.89 bits per heavy atom. The average molecular weight is 329 g/mol. The molecule has 1 unspecified atom stereocenters. The van der Waals surface area contributed by atoms with Crippen LogP contribution < -0.4 is 11.3 Å². The molecule has 0 aliphatic rings. The van der Waals surface area contributed by atoms with E-state index < -0.39 is 17.7 Å². The van der Waals surface area contributed by atoms with Gasteiger partial charge in [0.15, 0.2) is 5.82 Å². The Morgan fingerprint density at radius 3 is 2.47 bits per heavy atom. The summed E-state index contributed by atoms with van der Waals surface area (Å²) in [5.41, 5.74) is 2.96. The van der Waals surface area contributed by atoms with Gasteiger partial charge >= 0.3 is 0 Å². The second kappa shape index (κ2) is 5.68. The molecule has 0 fully saturated rings. The normalized spacial score (nSPS) is 12.5. The molecule has 2 rings (SSSR count). The van der Waals surface area contributed by atoms with Gasteiger partial charge in [-0.1, -0.05) is 0 Å². The topological polar surface area (TPSA) is 63.8 Å². The zero-order valence-electron chi connectivity index (χ0n) is 9.99. The molecule has 0 aliphatic heterocycles. The van der Waals surface area contributed by atoms with Crippen molar-refractivity contribution in [1.29, 1.82) is 0 Å². The molecule has 0 aliphatic carbocycles. The Balaban J connectivity index is 2.54. The van der Waals surface area contributed by atoms with Gasteiger partial charge in [0.05, 0.1) is 10.0 Å². The van der Waals surface area contributed by atoms with Gasteiger partial charge in [0.25, 0.3) is 0 Å². The SMILES string of the molecule is Cc1cnc(C(NN)c2c(F)ccc(Br)c2F)nc1. The fourth-order valence-corrected chi connectivity index (χ4v) is 1.99. The number of aromatic nitrogens is 2. The molecule has 1 aromatic heterocycles. The van der Waals surface area contributed by atoms with Crippen molar-refractivity contribution >= 4 is 15.9 Å². The maximum Gasteiger partial charge on any atom is 0.151 e. The minimum absolute atomic E-state index is 0.149. The van der Waals surface area contributed by atoms with E-state index in [-0.39, 0.29) is 15.9 Å². The van der Waals surface area contributed by atoms with E-state index in [0.717, 1.165) is 11.6 Å². The molecule has 3 N–H and O–H groups in total. The molecule has 1 aromatic carbocycles. The first-order valence-electron chi connectivity index (χ1n) is 5.42. The number of benzene rings is 1. The number of rotatable bonds is 3. The van der Waals surface area contributed by atoms with Crippen molar-refractivity contribution in [3.63, 3.8) is 0 Å². The molecule has 0 amide bonds. The Morgan fingerprint density at radius 1 is 1.26 bits per heavy atom. The van der Waals surface area contributed by atoms with Gasteiger partial charge in [-0.05, 0) is 40.5 Å². The Bertz CT molecular complexity index is 589. The van der Waals surface area contributed by atoms with Gasteiger partial charge < -0.3 is 0 Å². The highest BCUT2D eigenvalue weighted by molar-refractivity contribution is 9.10. The van der Waals surface area contributed by atoms with Crippen LogP contribution in [-0.4, -0.2) is 9.97 Å². The fraction of sp³-hybridized carbons (Fsp3) is 0.167. The molecule has 0 saturated heterocycles. The van der Waals surface area contributed by atoms with Crippen LogP contribution in [0.3, 0.4) is 0 Å². The molecular formula is C12H11BrF2N4. The maximum atomic E-state index is 14.0. The minimum atomic E-state index is -0.960.